The monoisotopic (exact) mass is 356 g/mol. The van der Waals surface area contributed by atoms with Crippen LogP contribution in [0.25, 0.3) is 0 Å². The number of nitrogens with zero attached hydrogens (tertiary/aromatic N) is 3. The van der Waals surface area contributed by atoms with Crippen LogP contribution in [0.15, 0.2) is 42.6 Å². The molecule has 26 heavy (non-hydrogen) atoms. The molecule has 1 fully saturated rings. The molecular weight excluding hydrogens is 332 g/mol. The van der Waals surface area contributed by atoms with Crippen molar-refractivity contribution >= 4 is 11.8 Å². The summed E-state index contributed by atoms with van der Waals surface area (Å²) in [6.07, 6.45) is 2.94. The van der Waals surface area contributed by atoms with E-state index in [0.29, 0.717) is 31.6 Å². The first-order valence-corrected chi connectivity index (χ1v) is 8.79. The van der Waals surface area contributed by atoms with Crippen LogP contribution >= 0.6 is 0 Å². The van der Waals surface area contributed by atoms with E-state index < -0.39 is 5.60 Å². The van der Waals surface area contributed by atoms with Gasteiger partial charge in [-0.05, 0) is 24.5 Å². The van der Waals surface area contributed by atoms with Crippen LogP contribution in [-0.4, -0.2) is 57.3 Å². The summed E-state index contributed by atoms with van der Waals surface area (Å²) >= 11 is 0. The van der Waals surface area contributed by atoms with E-state index in [1.165, 1.54) is 7.05 Å². The smallest absolute Gasteiger partial charge is 0.274 e. The van der Waals surface area contributed by atoms with Crippen molar-refractivity contribution in [3.63, 3.8) is 0 Å². The molecule has 0 bridgehead atoms. The van der Waals surface area contributed by atoms with Crippen molar-refractivity contribution in [3.8, 4) is 0 Å². The third-order valence-electron chi connectivity index (χ3n) is 4.66. The fourth-order valence-corrected chi connectivity index (χ4v) is 3.31. The van der Waals surface area contributed by atoms with Crippen molar-refractivity contribution in [2.75, 3.05) is 20.1 Å². The van der Waals surface area contributed by atoms with Crippen LogP contribution in [0.4, 0.5) is 0 Å². The van der Waals surface area contributed by atoms with Crippen molar-refractivity contribution in [2.45, 2.75) is 31.4 Å². The Bertz CT molecular complexity index is 774. The Hall–Kier alpha value is -2.67. The summed E-state index contributed by atoms with van der Waals surface area (Å²) < 4.78 is 1.73. The van der Waals surface area contributed by atoms with Gasteiger partial charge in [0.25, 0.3) is 5.91 Å². The first-order chi connectivity index (χ1) is 12.5. The lowest BCUT2D eigenvalue weighted by atomic mass is 9.89. The number of hydrogen-bond acceptors (Lipinski definition) is 4. The number of carbonyl (C=O) groups is 2. The number of benzene rings is 1. The largest absolute Gasteiger partial charge is 0.388 e. The summed E-state index contributed by atoms with van der Waals surface area (Å²) in [6.45, 7) is 1.29. The molecular formula is C19H24N4O3. The van der Waals surface area contributed by atoms with Gasteiger partial charge in [-0.1, -0.05) is 30.3 Å². The third-order valence-corrected chi connectivity index (χ3v) is 4.66. The van der Waals surface area contributed by atoms with Gasteiger partial charge in [0.05, 0.1) is 25.1 Å². The Morgan fingerprint density at radius 2 is 2.04 bits per heavy atom. The van der Waals surface area contributed by atoms with Crippen LogP contribution in [-0.2, 0) is 11.3 Å². The number of amides is 2. The first kappa shape index (κ1) is 18.1. The van der Waals surface area contributed by atoms with Crippen molar-refractivity contribution in [1.29, 1.82) is 0 Å². The Balaban J connectivity index is 1.66. The van der Waals surface area contributed by atoms with Crippen molar-refractivity contribution in [1.82, 2.24) is 20.0 Å². The van der Waals surface area contributed by atoms with E-state index in [1.54, 1.807) is 21.8 Å². The molecule has 1 aromatic heterocycles. The topological polar surface area (TPSA) is 87.5 Å². The van der Waals surface area contributed by atoms with Crippen LogP contribution in [0.5, 0.6) is 0 Å². The maximum atomic E-state index is 12.7. The van der Waals surface area contributed by atoms with E-state index in [9.17, 15) is 14.7 Å². The lowest BCUT2D eigenvalue weighted by molar-refractivity contribution is -0.127. The number of aromatic nitrogens is 2. The Morgan fingerprint density at radius 3 is 2.77 bits per heavy atom. The summed E-state index contributed by atoms with van der Waals surface area (Å²) in [7, 11) is 1.54. The number of aliphatic hydroxyl groups is 1. The lowest BCUT2D eigenvalue weighted by Crippen LogP contribution is -2.52. The van der Waals surface area contributed by atoms with Gasteiger partial charge in [0.15, 0.2) is 0 Å². The molecule has 3 rings (SSSR count). The SMILES string of the molecule is CNC(=O)CC1(O)CCCN(C(=O)c2ccn(Cc3ccccc3)n2)C1. The molecule has 0 spiro atoms. The summed E-state index contributed by atoms with van der Waals surface area (Å²) in [5.74, 6) is -0.444. The Morgan fingerprint density at radius 1 is 1.27 bits per heavy atom. The summed E-state index contributed by atoms with van der Waals surface area (Å²) in [6, 6.07) is 11.6. The molecule has 7 heteroatoms. The van der Waals surface area contributed by atoms with Crippen LogP contribution in [0, 0.1) is 0 Å². The minimum Gasteiger partial charge on any atom is -0.388 e. The zero-order valence-corrected chi connectivity index (χ0v) is 14.9. The number of carbonyl (C=O) groups excluding carboxylic acids is 2. The highest BCUT2D eigenvalue weighted by atomic mass is 16.3. The second kappa shape index (κ2) is 7.70. The summed E-state index contributed by atoms with van der Waals surface area (Å²) in [5.41, 5.74) is 0.276. The molecule has 0 aliphatic carbocycles. The minimum atomic E-state index is -1.18. The fraction of sp³-hybridized carbons (Fsp3) is 0.421. The number of nitrogens with one attached hydrogen (secondary N) is 1. The quantitative estimate of drug-likeness (QED) is 0.838. The van der Waals surface area contributed by atoms with Crippen LogP contribution < -0.4 is 5.32 Å². The number of hydrogen-bond donors (Lipinski definition) is 2. The molecule has 138 valence electrons. The first-order valence-electron chi connectivity index (χ1n) is 8.79. The standard InChI is InChI=1S/C19H24N4O3/c1-20-17(24)12-19(26)9-5-10-22(14-19)18(25)16-8-11-23(21-16)13-15-6-3-2-4-7-15/h2-4,6-8,11,26H,5,9-10,12-14H2,1H3,(H,20,24). The van der Waals surface area contributed by atoms with E-state index in [2.05, 4.69) is 10.4 Å². The third kappa shape index (κ3) is 4.29. The van der Waals surface area contributed by atoms with E-state index in [0.717, 1.165) is 5.56 Å². The average Bonchev–Trinajstić information content (AvgIpc) is 3.10. The number of β-amino-alcohol motifs (C(OH)–C–C–N with tert-alkyl or cyclic N) is 1. The fourth-order valence-electron chi connectivity index (χ4n) is 3.31. The predicted molar refractivity (Wildman–Crippen MR) is 96.5 cm³/mol. The number of rotatable bonds is 5. The number of likely N-dealkylation sites (tertiary alicyclic amines) is 1. The molecule has 1 aliphatic heterocycles. The maximum absolute atomic E-state index is 12.7. The molecule has 0 saturated carbocycles. The van der Waals surface area contributed by atoms with Crippen LogP contribution in [0.1, 0.15) is 35.3 Å². The van der Waals surface area contributed by atoms with Crippen molar-refractivity contribution in [3.05, 3.63) is 53.9 Å². The lowest BCUT2D eigenvalue weighted by Gasteiger charge is -2.38. The van der Waals surface area contributed by atoms with Crippen LogP contribution in [0.2, 0.25) is 0 Å². The normalized spacial score (nSPS) is 20.0. The Kier molecular flexibility index (Phi) is 5.37. The summed E-state index contributed by atoms with van der Waals surface area (Å²) in [5, 5.41) is 17.6. The molecule has 1 atom stereocenters. The minimum absolute atomic E-state index is 0.00424. The van der Waals surface area contributed by atoms with Gasteiger partial charge in [0.2, 0.25) is 5.91 Å². The molecule has 7 nitrogen and oxygen atoms in total. The molecule has 1 unspecified atom stereocenters. The van der Waals surface area contributed by atoms with E-state index in [1.807, 2.05) is 30.3 Å². The average molecular weight is 356 g/mol. The van der Waals surface area contributed by atoms with Gasteiger partial charge >= 0.3 is 0 Å². The highest BCUT2D eigenvalue weighted by molar-refractivity contribution is 5.92. The highest BCUT2D eigenvalue weighted by Gasteiger charge is 2.37. The van der Waals surface area contributed by atoms with E-state index in [-0.39, 0.29) is 24.8 Å². The van der Waals surface area contributed by atoms with Crippen LogP contribution in [0.3, 0.4) is 0 Å². The molecule has 2 heterocycles. The Labute approximate surface area is 152 Å². The molecule has 2 aromatic rings. The maximum Gasteiger partial charge on any atom is 0.274 e. The van der Waals surface area contributed by atoms with Gasteiger partial charge in [-0.15, -0.1) is 0 Å². The predicted octanol–water partition coefficient (Wildman–Crippen LogP) is 1.03. The summed E-state index contributed by atoms with van der Waals surface area (Å²) in [4.78, 5) is 26.0. The van der Waals surface area contributed by atoms with Crippen molar-refractivity contribution in [2.24, 2.45) is 0 Å². The van der Waals surface area contributed by atoms with Gasteiger partial charge < -0.3 is 15.3 Å². The van der Waals surface area contributed by atoms with Gasteiger partial charge in [-0.25, -0.2) is 0 Å². The zero-order chi connectivity index (χ0) is 18.6. The van der Waals surface area contributed by atoms with Gasteiger partial charge in [0, 0.05) is 19.8 Å². The second-order valence-corrected chi connectivity index (χ2v) is 6.79. The number of piperidine rings is 1. The molecule has 0 radical (unpaired) electrons. The van der Waals surface area contributed by atoms with Gasteiger partial charge in [0.1, 0.15) is 5.69 Å². The zero-order valence-electron chi connectivity index (χ0n) is 14.9. The molecule has 1 aromatic carbocycles. The van der Waals surface area contributed by atoms with Gasteiger partial charge in [-0.3, -0.25) is 14.3 Å². The van der Waals surface area contributed by atoms with E-state index >= 15 is 0 Å². The van der Waals surface area contributed by atoms with E-state index in [4.69, 9.17) is 0 Å². The van der Waals surface area contributed by atoms with Gasteiger partial charge in [-0.2, -0.15) is 5.10 Å². The molecule has 1 saturated heterocycles. The highest BCUT2D eigenvalue weighted by Crippen LogP contribution is 2.25. The molecule has 2 amide bonds. The molecule has 2 N–H and O–H groups in total. The second-order valence-electron chi connectivity index (χ2n) is 6.79. The molecule has 1 aliphatic rings. The van der Waals surface area contributed by atoms with Crippen molar-refractivity contribution < 1.29 is 14.7 Å².